The third-order valence-corrected chi connectivity index (χ3v) is 4.90. The van der Waals surface area contributed by atoms with Crippen molar-refractivity contribution >= 4 is 0 Å². The molecule has 0 bridgehead atoms. The molecular weight excluding hydrogens is 250 g/mol. The Hall–Kier alpha value is -0.630. The summed E-state index contributed by atoms with van der Waals surface area (Å²) in [6.45, 7) is 9.55. The average Bonchev–Trinajstić information content (AvgIpc) is 2.77. The van der Waals surface area contributed by atoms with Gasteiger partial charge in [-0.3, -0.25) is 4.90 Å². The van der Waals surface area contributed by atoms with E-state index in [0.717, 1.165) is 32.5 Å². The summed E-state index contributed by atoms with van der Waals surface area (Å²) in [7, 11) is 1.93. The summed E-state index contributed by atoms with van der Waals surface area (Å²) in [6.07, 6.45) is 4.75. The topological polar surface area (TPSA) is 48.3 Å². The van der Waals surface area contributed by atoms with Crippen molar-refractivity contribution in [3.05, 3.63) is 0 Å². The van der Waals surface area contributed by atoms with E-state index in [1.807, 2.05) is 7.05 Å². The summed E-state index contributed by atoms with van der Waals surface area (Å²) in [5.41, 5.74) is -0.337. The van der Waals surface area contributed by atoms with Crippen LogP contribution in [0.5, 0.6) is 0 Å². The van der Waals surface area contributed by atoms with Crippen molar-refractivity contribution in [1.29, 1.82) is 5.26 Å². The van der Waals surface area contributed by atoms with E-state index >= 15 is 0 Å². The molecule has 2 rings (SSSR count). The maximum atomic E-state index is 9.50. The Labute approximate surface area is 123 Å². The number of nitrogens with zero attached hydrogens (tertiary/aromatic N) is 2. The highest BCUT2D eigenvalue weighted by Gasteiger charge is 2.42. The first-order chi connectivity index (χ1) is 9.41. The highest BCUT2D eigenvalue weighted by Crippen LogP contribution is 2.37. The first kappa shape index (κ1) is 15.8. The molecule has 1 saturated heterocycles. The molecule has 0 spiro atoms. The summed E-state index contributed by atoms with van der Waals surface area (Å²) in [6, 6.07) is 2.54. The van der Waals surface area contributed by atoms with Crippen LogP contribution in [-0.4, -0.2) is 48.8 Å². The van der Waals surface area contributed by atoms with Crippen molar-refractivity contribution in [2.24, 2.45) is 5.92 Å². The van der Waals surface area contributed by atoms with E-state index in [-0.39, 0.29) is 11.1 Å². The van der Waals surface area contributed by atoms with Crippen molar-refractivity contribution in [2.75, 3.05) is 26.7 Å². The quantitative estimate of drug-likeness (QED) is 0.856. The Kier molecular flexibility index (Phi) is 4.73. The number of hydrogen-bond donors (Lipinski definition) is 1. The van der Waals surface area contributed by atoms with E-state index in [9.17, 15) is 5.26 Å². The van der Waals surface area contributed by atoms with Crippen molar-refractivity contribution in [3.63, 3.8) is 0 Å². The number of rotatable bonds is 4. The Bertz CT molecular complexity index is 376. The Morgan fingerprint density at radius 3 is 2.80 bits per heavy atom. The van der Waals surface area contributed by atoms with Crippen molar-refractivity contribution in [2.45, 2.75) is 63.7 Å². The van der Waals surface area contributed by atoms with Crippen LogP contribution in [0.4, 0.5) is 0 Å². The fourth-order valence-corrected chi connectivity index (χ4v) is 4.10. The van der Waals surface area contributed by atoms with Gasteiger partial charge in [0.25, 0.3) is 0 Å². The first-order valence-electron chi connectivity index (χ1n) is 7.91. The molecule has 114 valence electrons. The summed E-state index contributed by atoms with van der Waals surface area (Å²) >= 11 is 0. The lowest BCUT2D eigenvalue weighted by molar-refractivity contribution is -0.129. The second-order valence-corrected chi connectivity index (χ2v) is 7.13. The Morgan fingerprint density at radius 1 is 1.45 bits per heavy atom. The van der Waals surface area contributed by atoms with Gasteiger partial charge in [-0.05, 0) is 59.5 Å². The fourth-order valence-electron chi connectivity index (χ4n) is 4.10. The zero-order chi connectivity index (χ0) is 14.8. The third kappa shape index (κ3) is 3.33. The minimum Gasteiger partial charge on any atom is -0.370 e. The molecule has 0 amide bonds. The molecule has 2 aliphatic rings. The van der Waals surface area contributed by atoms with E-state index in [2.05, 4.69) is 37.1 Å². The molecular formula is C16H29N3O. The summed E-state index contributed by atoms with van der Waals surface area (Å²) in [5.74, 6) is 0.485. The van der Waals surface area contributed by atoms with Gasteiger partial charge in [-0.15, -0.1) is 0 Å². The van der Waals surface area contributed by atoms with Crippen LogP contribution in [0.15, 0.2) is 0 Å². The molecule has 1 saturated carbocycles. The fraction of sp³-hybridized carbons (Fsp3) is 0.938. The predicted octanol–water partition coefficient (Wildman–Crippen LogP) is 2.16. The molecule has 4 heteroatoms. The Morgan fingerprint density at radius 2 is 2.20 bits per heavy atom. The van der Waals surface area contributed by atoms with Crippen LogP contribution >= 0.6 is 0 Å². The van der Waals surface area contributed by atoms with Gasteiger partial charge in [0.2, 0.25) is 0 Å². The zero-order valence-electron chi connectivity index (χ0n) is 13.4. The average molecular weight is 279 g/mol. The molecule has 0 radical (unpaired) electrons. The highest BCUT2D eigenvalue weighted by atomic mass is 16.5. The third-order valence-electron chi connectivity index (χ3n) is 4.90. The van der Waals surface area contributed by atoms with Gasteiger partial charge < -0.3 is 10.1 Å². The summed E-state index contributed by atoms with van der Waals surface area (Å²) < 4.78 is 5.95. The lowest BCUT2D eigenvalue weighted by atomic mass is 9.86. The van der Waals surface area contributed by atoms with Gasteiger partial charge >= 0.3 is 0 Å². The van der Waals surface area contributed by atoms with Crippen LogP contribution < -0.4 is 5.32 Å². The van der Waals surface area contributed by atoms with Gasteiger partial charge in [0, 0.05) is 13.1 Å². The molecule has 0 aromatic rings. The van der Waals surface area contributed by atoms with Gasteiger partial charge in [-0.25, -0.2) is 0 Å². The summed E-state index contributed by atoms with van der Waals surface area (Å²) in [5, 5.41) is 12.8. The molecule has 0 aromatic carbocycles. The Balaban J connectivity index is 1.90. The van der Waals surface area contributed by atoms with Crippen LogP contribution in [0.2, 0.25) is 0 Å². The molecule has 1 heterocycles. The van der Waals surface area contributed by atoms with Crippen LogP contribution in [-0.2, 0) is 4.74 Å². The normalized spacial score (nSPS) is 37.8. The van der Waals surface area contributed by atoms with E-state index in [1.54, 1.807) is 0 Å². The number of hydrogen-bond acceptors (Lipinski definition) is 4. The zero-order valence-corrected chi connectivity index (χ0v) is 13.4. The monoisotopic (exact) mass is 279 g/mol. The van der Waals surface area contributed by atoms with Gasteiger partial charge in [-0.1, -0.05) is 6.42 Å². The lowest BCUT2D eigenvalue weighted by Crippen LogP contribution is -2.53. The van der Waals surface area contributed by atoms with Gasteiger partial charge in [0.05, 0.1) is 17.8 Å². The minimum atomic E-state index is -0.284. The van der Waals surface area contributed by atoms with Crippen LogP contribution in [0.25, 0.3) is 0 Å². The number of nitrogens with one attached hydrogen (secondary N) is 1. The van der Waals surface area contributed by atoms with Gasteiger partial charge in [0.15, 0.2) is 0 Å². The molecule has 1 aliphatic carbocycles. The van der Waals surface area contributed by atoms with Gasteiger partial charge in [-0.2, -0.15) is 5.26 Å². The van der Waals surface area contributed by atoms with Crippen LogP contribution in [0.1, 0.15) is 46.5 Å². The molecule has 4 nitrogen and oxygen atoms in total. The number of ether oxygens (including phenoxy) is 1. The molecule has 0 aromatic heterocycles. The minimum absolute atomic E-state index is 0.0529. The SMILES string of the molecule is CNC1(C#N)CCCC1CCN1CC(C)OC(C)(C)C1. The largest absolute Gasteiger partial charge is 0.370 e. The van der Waals surface area contributed by atoms with E-state index < -0.39 is 0 Å². The number of morpholine rings is 1. The molecule has 1 N–H and O–H groups in total. The second-order valence-electron chi connectivity index (χ2n) is 7.13. The highest BCUT2D eigenvalue weighted by molar-refractivity contribution is 5.13. The maximum Gasteiger partial charge on any atom is 0.109 e. The lowest BCUT2D eigenvalue weighted by Gasteiger charge is -2.42. The molecule has 20 heavy (non-hydrogen) atoms. The van der Waals surface area contributed by atoms with Crippen molar-refractivity contribution in [1.82, 2.24) is 10.2 Å². The van der Waals surface area contributed by atoms with Crippen LogP contribution in [0.3, 0.4) is 0 Å². The van der Waals surface area contributed by atoms with Crippen molar-refractivity contribution in [3.8, 4) is 6.07 Å². The first-order valence-corrected chi connectivity index (χ1v) is 7.91. The maximum absolute atomic E-state index is 9.50. The van der Waals surface area contributed by atoms with E-state index in [1.165, 1.54) is 12.8 Å². The molecule has 3 atom stereocenters. The van der Waals surface area contributed by atoms with E-state index in [0.29, 0.717) is 12.0 Å². The standard InChI is InChI=1S/C16H29N3O/c1-13-10-19(12-15(2,3)20-13)9-7-14-6-5-8-16(14,11-17)18-4/h13-14,18H,5-10,12H2,1-4H3. The molecule has 2 fully saturated rings. The smallest absolute Gasteiger partial charge is 0.109 e. The van der Waals surface area contributed by atoms with Crippen LogP contribution in [0, 0.1) is 17.2 Å². The number of nitriles is 1. The molecule has 1 aliphatic heterocycles. The van der Waals surface area contributed by atoms with E-state index in [4.69, 9.17) is 4.74 Å². The second kappa shape index (κ2) is 6.01. The molecule has 3 unspecified atom stereocenters. The predicted molar refractivity (Wildman–Crippen MR) is 80.4 cm³/mol. The van der Waals surface area contributed by atoms with Gasteiger partial charge in [0.1, 0.15) is 5.54 Å². The van der Waals surface area contributed by atoms with Crippen molar-refractivity contribution < 1.29 is 4.74 Å². The summed E-state index contributed by atoms with van der Waals surface area (Å²) in [4.78, 5) is 2.50.